The van der Waals surface area contributed by atoms with Crippen LogP contribution in [0.1, 0.15) is 13.8 Å². The Morgan fingerprint density at radius 3 is 1.83 bits per heavy atom. The van der Waals surface area contributed by atoms with Crippen molar-refractivity contribution in [3.63, 3.8) is 0 Å². The van der Waals surface area contributed by atoms with Crippen LogP contribution in [0.3, 0.4) is 0 Å². The van der Waals surface area contributed by atoms with Crippen LogP contribution in [-0.2, 0) is 0 Å². The molecule has 0 aromatic rings. The van der Waals surface area contributed by atoms with Crippen molar-refractivity contribution in [2.24, 2.45) is 0 Å². The topological polar surface area (TPSA) is 3.24 Å². The van der Waals surface area contributed by atoms with Gasteiger partial charge in [0.2, 0.25) is 12.1 Å². The molecule has 72 valence electrons. The average Bonchev–Trinajstić information content (AvgIpc) is 2.05. The number of hydrogen-bond donors (Lipinski definition) is 0. The van der Waals surface area contributed by atoms with E-state index in [2.05, 4.69) is 0 Å². The fourth-order valence-electron chi connectivity index (χ4n) is 0.795. The molecule has 0 aliphatic rings. The van der Waals surface area contributed by atoms with Gasteiger partial charge in [-0.2, -0.15) is 8.78 Å². The van der Waals surface area contributed by atoms with Crippen LogP contribution in [-0.4, -0.2) is 24.3 Å². The van der Waals surface area contributed by atoms with E-state index >= 15 is 0 Å². The Morgan fingerprint density at radius 2 is 1.58 bits per heavy atom. The molecule has 0 aromatic carbocycles. The van der Waals surface area contributed by atoms with Crippen LogP contribution in [0.5, 0.6) is 0 Å². The van der Waals surface area contributed by atoms with Crippen LogP contribution in [0.25, 0.3) is 0 Å². The minimum Gasteiger partial charge on any atom is -0.269 e. The SMILES string of the molecule is CCN(CC)C(F)C(F)=C(F)F. The molecule has 0 rings (SSSR count). The van der Waals surface area contributed by atoms with Crippen molar-refractivity contribution in [3.8, 4) is 0 Å². The van der Waals surface area contributed by atoms with Gasteiger partial charge in [-0.05, 0) is 13.1 Å². The third kappa shape index (κ3) is 2.81. The molecule has 5 heteroatoms. The maximum absolute atomic E-state index is 12.7. The van der Waals surface area contributed by atoms with E-state index in [0.717, 1.165) is 4.90 Å². The van der Waals surface area contributed by atoms with Gasteiger partial charge >= 0.3 is 6.08 Å². The Hall–Kier alpha value is -0.580. The van der Waals surface area contributed by atoms with E-state index < -0.39 is 18.2 Å². The monoisotopic (exact) mass is 185 g/mol. The van der Waals surface area contributed by atoms with E-state index in [1.165, 1.54) is 0 Å². The number of alkyl halides is 1. The van der Waals surface area contributed by atoms with Crippen LogP contribution in [0.2, 0.25) is 0 Å². The quantitative estimate of drug-likeness (QED) is 0.480. The van der Waals surface area contributed by atoms with Gasteiger partial charge in [0.25, 0.3) is 0 Å². The maximum atomic E-state index is 12.7. The summed E-state index contributed by atoms with van der Waals surface area (Å²) >= 11 is 0. The molecule has 1 unspecified atom stereocenters. The van der Waals surface area contributed by atoms with Gasteiger partial charge in [0.1, 0.15) is 0 Å². The van der Waals surface area contributed by atoms with Crippen LogP contribution in [0, 0.1) is 0 Å². The van der Waals surface area contributed by atoms with Crippen molar-refractivity contribution in [2.45, 2.75) is 20.1 Å². The van der Waals surface area contributed by atoms with Gasteiger partial charge in [-0.15, -0.1) is 0 Å². The second-order valence-corrected chi connectivity index (χ2v) is 2.17. The molecule has 0 saturated heterocycles. The van der Waals surface area contributed by atoms with E-state index in [4.69, 9.17) is 0 Å². The molecule has 0 fully saturated rings. The summed E-state index contributed by atoms with van der Waals surface area (Å²) in [6.45, 7) is 3.52. The number of rotatable bonds is 4. The highest BCUT2D eigenvalue weighted by Gasteiger charge is 2.23. The van der Waals surface area contributed by atoms with Crippen LogP contribution in [0.15, 0.2) is 11.9 Å². The Morgan fingerprint density at radius 1 is 1.17 bits per heavy atom. The Labute approximate surface area is 68.7 Å². The molecule has 0 N–H and O–H groups in total. The molecule has 0 radical (unpaired) electrons. The van der Waals surface area contributed by atoms with Gasteiger partial charge in [-0.25, -0.2) is 8.78 Å². The van der Waals surface area contributed by atoms with Crippen LogP contribution < -0.4 is 0 Å². The fraction of sp³-hybridized carbons (Fsp3) is 0.714. The van der Waals surface area contributed by atoms with Gasteiger partial charge in [-0.1, -0.05) is 13.8 Å². The largest absolute Gasteiger partial charge is 0.306 e. The average molecular weight is 185 g/mol. The van der Waals surface area contributed by atoms with E-state index in [0.29, 0.717) is 0 Å². The van der Waals surface area contributed by atoms with Gasteiger partial charge < -0.3 is 0 Å². The van der Waals surface area contributed by atoms with E-state index in [9.17, 15) is 17.6 Å². The Kier molecular flexibility index (Phi) is 4.89. The first-order chi connectivity index (χ1) is 5.54. The number of halogens is 4. The van der Waals surface area contributed by atoms with Crippen molar-refractivity contribution >= 4 is 0 Å². The fourth-order valence-corrected chi connectivity index (χ4v) is 0.795. The second kappa shape index (κ2) is 5.13. The van der Waals surface area contributed by atoms with Crippen LogP contribution in [0.4, 0.5) is 17.6 Å². The zero-order chi connectivity index (χ0) is 9.72. The molecule has 0 amide bonds. The molecule has 0 spiro atoms. The lowest BCUT2D eigenvalue weighted by atomic mass is 10.4. The first-order valence-corrected chi connectivity index (χ1v) is 3.63. The lowest BCUT2D eigenvalue weighted by molar-refractivity contribution is 0.0952. The molecule has 0 heterocycles. The first kappa shape index (κ1) is 11.4. The van der Waals surface area contributed by atoms with Gasteiger partial charge in [-0.3, -0.25) is 4.90 Å². The zero-order valence-electron chi connectivity index (χ0n) is 6.95. The third-order valence-corrected chi connectivity index (χ3v) is 1.52. The maximum Gasteiger partial charge on any atom is 0.306 e. The first-order valence-electron chi connectivity index (χ1n) is 3.63. The Balaban J connectivity index is 4.36. The summed E-state index contributed by atoms with van der Waals surface area (Å²) in [5, 5.41) is 0. The summed E-state index contributed by atoms with van der Waals surface area (Å²) in [6, 6.07) is 0. The molecule has 1 atom stereocenters. The summed E-state index contributed by atoms with van der Waals surface area (Å²) in [6.07, 6.45) is -4.90. The predicted octanol–water partition coefficient (Wildman–Crippen LogP) is 2.70. The number of nitrogens with zero attached hydrogens (tertiary/aromatic N) is 1. The summed E-state index contributed by atoms with van der Waals surface area (Å²) in [4.78, 5) is 0.953. The predicted molar refractivity (Wildman–Crippen MR) is 38.2 cm³/mol. The standard InChI is InChI=1S/C7H11F4N/c1-3-12(4-2)7(11)5(8)6(9)10/h7H,3-4H2,1-2H3. The molecular weight excluding hydrogens is 174 g/mol. The van der Waals surface area contributed by atoms with Crippen molar-refractivity contribution < 1.29 is 17.6 Å². The zero-order valence-corrected chi connectivity index (χ0v) is 6.95. The normalized spacial score (nSPS) is 13.2. The number of likely N-dealkylation sites (N-methyl/N-ethyl adjacent to an activating group) is 1. The molecule has 0 aliphatic carbocycles. The molecule has 12 heavy (non-hydrogen) atoms. The summed E-state index contributed by atoms with van der Waals surface area (Å²) < 4.78 is 48.1. The van der Waals surface area contributed by atoms with Gasteiger partial charge in [0.05, 0.1) is 0 Å². The molecule has 0 aromatic heterocycles. The highest BCUT2D eigenvalue weighted by Crippen LogP contribution is 2.19. The highest BCUT2D eigenvalue weighted by atomic mass is 19.3. The van der Waals surface area contributed by atoms with E-state index in [-0.39, 0.29) is 13.1 Å². The van der Waals surface area contributed by atoms with E-state index in [1.54, 1.807) is 13.8 Å². The third-order valence-electron chi connectivity index (χ3n) is 1.52. The molecule has 1 nitrogen and oxygen atoms in total. The van der Waals surface area contributed by atoms with Crippen molar-refractivity contribution in [1.29, 1.82) is 0 Å². The smallest absolute Gasteiger partial charge is 0.269 e. The lowest BCUT2D eigenvalue weighted by Gasteiger charge is -2.20. The van der Waals surface area contributed by atoms with Crippen molar-refractivity contribution in [2.75, 3.05) is 13.1 Å². The summed E-state index contributed by atoms with van der Waals surface area (Å²) in [5.74, 6) is -1.99. The van der Waals surface area contributed by atoms with Crippen molar-refractivity contribution in [1.82, 2.24) is 4.90 Å². The molecule has 0 saturated carbocycles. The summed E-state index contributed by atoms with van der Waals surface area (Å²) in [7, 11) is 0. The lowest BCUT2D eigenvalue weighted by Crippen LogP contribution is -2.32. The number of hydrogen-bond acceptors (Lipinski definition) is 1. The van der Waals surface area contributed by atoms with Crippen LogP contribution >= 0.6 is 0 Å². The van der Waals surface area contributed by atoms with E-state index in [1.807, 2.05) is 0 Å². The van der Waals surface area contributed by atoms with Gasteiger partial charge in [0.15, 0.2) is 0 Å². The molecule has 0 bridgehead atoms. The van der Waals surface area contributed by atoms with Crippen molar-refractivity contribution in [3.05, 3.63) is 11.9 Å². The van der Waals surface area contributed by atoms with Gasteiger partial charge in [0, 0.05) is 0 Å². The molecular formula is C7H11F4N. The summed E-state index contributed by atoms with van der Waals surface area (Å²) in [5.41, 5.74) is 0. The minimum atomic E-state index is -2.59. The second-order valence-electron chi connectivity index (χ2n) is 2.17. The highest BCUT2D eigenvalue weighted by molar-refractivity contribution is 4.98. The minimum absolute atomic E-state index is 0.193. The molecule has 0 aliphatic heterocycles. The Bertz CT molecular complexity index is 161.